The second-order valence-electron chi connectivity index (χ2n) is 5.25. The van der Waals surface area contributed by atoms with E-state index in [0.29, 0.717) is 0 Å². The van der Waals surface area contributed by atoms with Gasteiger partial charge in [0.1, 0.15) is 5.82 Å². The Morgan fingerprint density at radius 1 is 1.18 bits per heavy atom. The average Bonchev–Trinajstić information content (AvgIpc) is 2.68. The predicted molar refractivity (Wildman–Crippen MR) is 71.1 cm³/mol. The van der Waals surface area contributed by atoms with Crippen molar-refractivity contribution in [3.05, 3.63) is 11.6 Å². The molecule has 0 saturated carbocycles. The van der Waals surface area contributed by atoms with Crippen LogP contribution in [0.15, 0.2) is 0 Å². The zero-order valence-electron chi connectivity index (χ0n) is 11.9. The summed E-state index contributed by atoms with van der Waals surface area (Å²) in [6, 6.07) is 0. The van der Waals surface area contributed by atoms with Crippen LogP contribution in [0, 0.1) is 5.41 Å². The molecule has 0 saturated heterocycles. The fourth-order valence-corrected chi connectivity index (χ4v) is 1.89. The summed E-state index contributed by atoms with van der Waals surface area (Å²) < 4.78 is 2.08. The van der Waals surface area contributed by atoms with Crippen molar-refractivity contribution >= 4 is 0 Å². The lowest BCUT2D eigenvalue weighted by Gasteiger charge is -2.25. The first-order valence-corrected chi connectivity index (χ1v) is 6.65. The van der Waals surface area contributed by atoms with E-state index < -0.39 is 0 Å². The van der Waals surface area contributed by atoms with Crippen LogP contribution in [-0.4, -0.2) is 27.9 Å². The fourth-order valence-electron chi connectivity index (χ4n) is 1.89. The van der Waals surface area contributed by atoms with Crippen LogP contribution in [0.4, 0.5) is 0 Å². The van der Waals surface area contributed by atoms with Gasteiger partial charge in [0.2, 0.25) is 0 Å². The maximum absolute atomic E-state index is 4.57. The molecule has 0 aromatic carbocycles. The quantitative estimate of drug-likeness (QED) is 0.790. The molecule has 1 rings (SSSR count). The van der Waals surface area contributed by atoms with E-state index in [2.05, 4.69) is 54.7 Å². The molecule has 1 N–H and O–H groups in total. The van der Waals surface area contributed by atoms with Gasteiger partial charge in [0, 0.05) is 25.9 Å². The van der Waals surface area contributed by atoms with Gasteiger partial charge in [-0.05, 0) is 12.0 Å². The van der Waals surface area contributed by atoms with Crippen molar-refractivity contribution in [2.45, 2.75) is 54.0 Å². The van der Waals surface area contributed by atoms with Gasteiger partial charge in [0.05, 0.1) is 0 Å². The van der Waals surface area contributed by atoms with Gasteiger partial charge in [0.15, 0.2) is 5.82 Å². The van der Waals surface area contributed by atoms with Crippen molar-refractivity contribution in [2.24, 2.45) is 5.41 Å². The van der Waals surface area contributed by atoms with E-state index in [1.807, 2.05) is 0 Å². The molecule has 0 aliphatic carbocycles. The Morgan fingerprint density at radius 2 is 1.88 bits per heavy atom. The van der Waals surface area contributed by atoms with Crippen molar-refractivity contribution in [2.75, 3.05) is 13.1 Å². The molecule has 0 fully saturated rings. The molecule has 0 atom stereocenters. The molecule has 4 heteroatoms. The SMILES string of the molecule is CCNCC(C)(C)Cn1nc(CC)nc1CC. The van der Waals surface area contributed by atoms with Crippen LogP contribution >= 0.6 is 0 Å². The van der Waals surface area contributed by atoms with Gasteiger partial charge in [-0.3, -0.25) is 0 Å². The molecule has 4 nitrogen and oxygen atoms in total. The molecule has 0 bridgehead atoms. The van der Waals surface area contributed by atoms with E-state index in [1.54, 1.807) is 0 Å². The van der Waals surface area contributed by atoms with Crippen molar-refractivity contribution in [3.63, 3.8) is 0 Å². The topological polar surface area (TPSA) is 42.7 Å². The summed E-state index contributed by atoms with van der Waals surface area (Å²) in [6.45, 7) is 13.9. The zero-order valence-corrected chi connectivity index (χ0v) is 11.9. The Bertz CT molecular complexity index is 341. The number of hydrogen-bond acceptors (Lipinski definition) is 3. The predicted octanol–water partition coefficient (Wildman–Crippen LogP) is 2.04. The van der Waals surface area contributed by atoms with Crippen LogP contribution in [-0.2, 0) is 19.4 Å². The van der Waals surface area contributed by atoms with Gasteiger partial charge in [-0.25, -0.2) is 9.67 Å². The van der Waals surface area contributed by atoms with Crippen molar-refractivity contribution in [3.8, 4) is 0 Å². The summed E-state index contributed by atoms with van der Waals surface area (Å²) in [6.07, 6.45) is 1.86. The maximum Gasteiger partial charge on any atom is 0.150 e. The Labute approximate surface area is 105 Å². The van der Waals surface area contributed by atoms with Gasteiger partial charge >= 0.3 is 0 Å². The summed E-state index contributed by atoms with van der Waals surface area (Å²) >= 11 is 0. The third-order valence-corrected chi connectivity index (χ3v) is 2.86. The number of rotatable bonds is 7. The third kappa shape index (κ3) is 4.11. The zero-order chi connectivity index (χ0) is 12.9. The molecule has 17 heavy (non-hydrogen) atoms. The lowest BCUT2D eigenvalue weighted by atomic mass is 9.93. The van der Waals surface area contributed by atoms with Crippen LogP contribution < -0.4 is 5.32 Å². The van der Waals surface area contributed by atoms with Gasteiger partial charge in [-0.2, -0.15) is 5.10 Å². The highest BCUT2D eigenvalue weighted by Gasteiger charge is 2.20. The summed E-state index contributed by atoms with van der Waals surface area (Å²) in [5.41, 5.74) is 0.207. The summed E-state index contributed by atoms with van der Waals surface area (Å²) in [4.78, 5) is 4.54. The van der Waals surface area contributed by atoms with E-state index in [-0.39, 0.29) is 5.41 Å². The molecule has 0 amide bonds. The Hall–Kier alpha value is -0.900. The standard InChI is InChI=1S/C13H26N4/c1-6-11-15-12(7-2)17(16-11)10-13(4,5)9-14-8-3/h14H,6-10H2,1-5H3. The van der Waals surface area contributed by atoms with Crippen LogP contribution in [0.2, 0.25) is 0 Å². The van der Waals surface area contributed by atoms with Crippen molar-refractivity contribution in [1.82, 2.24) is 20.1 Å². The Morgan fingerprint density at radius 3 is 2.41 bits per heavy atom. The Balaban J connectivity index is 2.75. The first-order valence-electron chi connectivity index (χ1n) is 6.65. The number of aryl methyl sites for hydroxylation is 2. The number of nitrogens with zero attached hydrogens (tertiary/aromatic N) is 3. The lowest BCUT2D eigenvalue weighted by Crippen LogP contribution is -2.33. The highest BCUT2D eigenvalue weighted by molar-refractivity contribution is 4.93. The molecule has 0 aliphatic rings. The molecular weight excluding hydrogens is 212 g/mol. The van der Waals surface area contributed by atoms with Gasteiger partial charge in [-0.15, -0.1) is 0 Å². The van der Waals surface area contributed by atoms with Crippen LogP contribution in [0.3, 0.4) is 0 Å². The second-order valence-corrected chi connectivity index (χ2v) is 5.25. The highest BCUT2D eigenvalue weighted by atomic mass is 15.3. The van der Waals surface area contributed by atoms with Crippen LogP contribution in [0.25, 0.3) is 0 Å². The monoisotopic (exact) mass is 238 g/mol. The summed E-state index contributed by atoms with van der Waals surface area (Å²) in [5.74, 6) is 2.06. The minimum Gasteiger partial charge on any atom is -0.316 e. The lowest BCUT2D eigenvalue weighted by molar-refractivity contribution is 0.274. The maximum atomic E-state index is 4.57. The molecular formula is C13H26N4. The van der Waals surface area contributed by atoms with Crippen LogP contribution in [0.5, 0.6) is 0 Å². The molecule has 0 spiro atoms. The molecule has 0 aliphatic heterocycles. The van der Waals surface area contributed by atoms with E-state index in [1.165, 1.54) is 0 Å². The molecule has 0 unspecified atom stereocenters. The molecule has 1 aromatic heterocycles. The molecule has 98 valence electrons. The number of aromatic nitrogens is 3. The van der Waals surface area contributed by atoms with Gasteiger partial charge in [0.25, 0.3) is 0 Å². The van der Waals surface area contributed by atoms with Gasteiger partial charge in [-0.1, -0.05) is 34.6 Å². The first-order chi connectivity index (χ1) is 8.02. The number of nitrogens with one attached hydrogen (secondary N) is 1. The van der Waals surface area contributed by atoms with Gasteiger partial charge < -0.3 is 5.32 Å². The van der Waals surface area contributed by atoms with E-state index in [4.69, 9.17) is 0 Å². The largest absolute Gasteiger partial charge is 0.316 e. The van der Waals surface area contributed by atoms with Crippen LogP contribution in [0.1, 0.15) is 46.3 Å². The highest BCUT2D eigenvalue weighted by Crippen LogP contribution is 2.17. The molecule has 0 radical (unpaired) electrons. The molecule has 1 aromatic rings. The summed E-state index contributed by atoms with van der Waals surface area (Å²) in [7, 11) is 0. The summed E-state index contributed by atoms with van der Waals surface area (Å²) in [5, 5.41) is 7.98. The van der Waals surface area contributed by atoms with E-state index in [0.717, 1.165) is 44.1 Å². The van der Waals surface area contributed by atoms with E-state index >= 15 is 0 Å². The normalized spacial score (nSPS) is 12.1. The average molecular weight is 238 g/mol. The fraction of sp³-hybridized carbons (Fsp3) is 0.846. The minimum atomic E-state index is 0.207. The second kappa shape index (κ2) is 6.15. The minimum absolute atomic E-state index is 0.207. The van der Waals surface area contributed by atoms with Crippen molar-refractivity contribution in [1.29, 1.82) is 0 Å². The Kier molecular flexibility index (Phi) is 5.12. The van der Waals surface area contributed by atoms with E-state index in [9.17, 15) is 0 Å². The molecule has 1 heterocycles. The van der Waals surface area contributed by atoms with Crippen molar-refractivity contribution < 1.29 is 0 Å². The first kappa shape index (κ1) is 14.2. The smallest absolute Gasteiger partial charge is 0.150 e. The number of hydrogen-bond donors (Lipinski definition) is 1. The third-order valence-electron chi connectivity index (χ3n) is 2.86.